The SMILES string of the molecule is CCN(C)C=Nc1cc(C)c(C(=O)CSc2cccc(Cl)c2)cc1Cl. The molecule has 0 amide bonds. The lowest BCUT2D eigenvalue weighted by Crippen LogP contribution is -2.14. The molecule has 0 aliphatic carbocycles. The summed E-state index contributed by atoms with van der Waals surface area (Å²) < 4.78 is 0. The van der Waals surface area contributed by atoms with Crippen molar-refractivity contribution in [1.82, 2.24) is 4.90 Å². The van der Waals surface area contributed by atoms with Crippen molar-refractivity contribution in [2.24, 2.45) is 4.99 Å². The van der Waals surface area contributed by atoms with Gasteiger partial charge in [0.25, 0.3) is 0 Å². The van der Waals surface area contributed by atoms with Crippen LogP contribution in [-0.2, 0) is 0 Å². The average Bonchev–Trinajstić information content (AvgIpc) is 2.59. The number of hydrogen-bond acceptors (Lipinski definition) is 3. The van der Waals surface area contributed by atoms with Crippen LogP contribution in [0.4, 0.5) is 5.69 Å². The molecule has 0 aromatic heterocycles. The summed E-state index contributed by atoms with van der Waals surface area (Å²) in [7, 11) is 1.94. The van der Waals surface area contributed by atoms with Gasteiger partial charge in [-0.3, -0.25) is 4.79 Å². The van der Waals surface area contributed by atoms with Gasteiger partial charge in [-0.2, -0.15) is 0 Å². The summed E-state index contributed by atoms with van der Waals surface area (Å²) in [6.07, 6.45) is 1.73. The quantitative estimate of drug-likeness (QED) is 0.254. The highest BCUT2D eigenvalue weighted by molar-refractivity contribution is 8.00. The molecule has 0 fully saturated rings. The molecule has 0 bridgehead atoms. The van der Waals surface area contributed by atoms with Crippen molar-refractivity contribution in [3.8, 4) is 0 Å². The van der Waals surface area contributed by atoms with Gasteiger partial charge in [0.2, 0.25) is 0 Å². The first-order chi connectivity index (χ1) is 11.9. The molecule has 0 radical (unpaired) electrons. The van der Waals surface area contributed by atoms with Gasteiger partial charge in [-0.25, -0.2) is 4.99 Å². The van der Waals surface area contributed by atoms with Crippen molar-refractivity contribution in [1.29, 1.82) is 0 Å². The first-order valence-electron chi connectivity index (χ1n) is 7.87. The third-order valence-corrected chi connectivity index (χ3v) is 5.18. The first-order valence-corrected chi connectivity index (χ1v) is 9.61. The molecular weight excluding hydrogens is 375 g/mol. The lowest BCUT2D eigenvalue weighted by atomic mass is 10.0. The number of carbonyl (C=O) groups is 1. The summed E-state index contributed by atoms with van der Waals surface area (Å²) in [5.41, 5.74) is 2.16. The number of rotatable bonds is 7. The van der Waals surface area contributed by atoms with Crippen LogP contribution in [0.15, 0.2) is 46.3 Å². The normalized spacial score (nSPS) is 11.1. The monoisotopic (exact) mass is 394 g/mol. The van der Waals surface area contributed by atoms with Crippen molar-refractivity contribution in [3.63, 3.8) is 0 Å². The molecule has 0 N–H and O–H groups in total. The lowest BCUT2D eigenvalue weighted by Gasteiger charge is -2.10. The number of carbonyl (C=O) groups excluding carboxylic acids is 1. The molecule has 2 rings (SSSR count). The molecule has 132 valence electrons. The Balaban J connectivity index is 2.12. The van der Waals surface area contributed by atoms with Crippen LogP contribution in [0.3, 0.4) is 0 Å². The summed E-state index contributed by atoms with van der Waals surface area (Å²) in [6.45, 7) is 4.80. The van der Waals surface area contributed by atoms with E-state index in [1.54, 1.807) is 12.4 Å². The van der Waals surface area contributed by atoms with Crippen LogP contribution < -0.4 is 0 Å². The van der Waals surface area contributed by atoms with Crippen LogP contribution in [0.1, 0.15) is 22.8 Å². The Kier molecular flexibility index (Phi) is 7.36. The molecule has 0 spiro atoms. The van der Waals surface area contributed by atoms with Crippen LogP contribution in [0.2, 0.25) is 10.0 Å². The van der Waals surface area contributed by atoms with E-state index < -0.39 is 0 Å². The van der Waals surface area contributed by atoms with Gasteiger partial charge < -0.3 is 4.90 Å². The number of thioether (sulfide) groups is 1. The number of aliphatic imine (C=N–C) groups is 1. The van der Waals surface area contributed by atoms with Gasteiger partial charge in [-0.1, -0.05) is 29.3 Å². The van der Waals surface area contributed by atoms with Gasteiger partial charge in [0, 0.05) is 29.1 Å². The smallest absolute Gasteiger partial charge is 0.173 e. The Morgan fingerprint density at radius 3 is 2.72 bits per heavy atom. The zero-order chi connectivity index (χ0) is 18.4. The Hall–Kier alpha value is -1.49. The Bertz CT molecular complexity index is 793. The third-order valence-electron chi connectivity index (χ3n) is 3.65. The zero-order valence-corrected chi connectivity index (χ0v) is 16.8. The number of hydrogen-bond donors (Lipinski definition) is 0. The Morgan fingerprint density at radius 1 is 1.28 bits per heavy atom. The van der Waals surface area contributed by atoms with E-state index in [1.807, 2.05) is 56.1 Å². The second-order valence-electron chi connectivity index (χ2n) is 5.61. The molecule has 0 heterocycles. The molecule has 25 heavy (non-hydrogen) atoms. The summed E-state index contributed by atoms with van der Waals surface area (Å²) in [6, 6.07) is 11.0. The number of ketones is 1. The van der Waals surface area contributed by atoms with E-state index in [9.17, 15) is 4.79 Å². The first kappa shape index (κ1) is 19.8. The van der Waals surface area contributed by atoms with Crippen molar-refractivity contribution in [3.05, 3.63) is 57.6 Å². The lowest BCUT2D eigenvalue weighted by molar-refractivity contribution is 0.102. The minimum atomic E-state index is 0.0329. The molecule has 0 aliphatic heterocycles. The van der Waals surface area contributed by atoms with E-state index in [1.165, 1.54) is 11.8 Å². The van der Waals surface area contributed by atoms with Crippen LogP contribution in [-0.4, -0.2) is 36.4 Å². The molecule has 0 atom stereocenters. The zero-order valence-electron chi connectivity index (χ0n) is 14.4. The van der Waals surface area contributed by atoms with E-state index in [-0.39, 0.29) is 5.78 Å². The number of aryl methyl sites for hydroxylation is 1. The average molecular weight is 395 g/mol. The molecule has 0 saturated heterocycles. The van der Waals surface area contributed by atoms with Gasteiger partial charge >= 0.3 is 0 Å². The largest absolute Gasteiger partial charge is 0.366 e. The number of nitrogens with zero attached hydrogens (tertiary/aromatic N) is 2. The highest BCUT2D eigenvalue weighted by Gasteiger charge is 2.13. The molecule has 0 unspecified atom stereocenters. The fourth-order valence-electron chi connectivity index (χ4n) is 2.09. The summed E-state index contributed by atoms with van der Waals surface area (Å²) in [4.78, 5) is 19.8. The summed E-state index contributed by atoms with van der Waals surface area (Å²) in [5.74, 6) is 0.365. The number of benzene rings is 2. The fraction of sp³-hybridized carbons (Fsp3) is 0.263. The summed E-state index contributed by atoms with van der Waals surface area (Å²) >= 11 is 13.7. The van der Waals surface area contributed by atoms with Crippen molar-refractivity contribution >= 4 is 52.8 Å². The highest BCUT2D eigenvalue weighted by atomic mass is 35.5. The van der Waals surface area contributed by atoms with Crippen LogP contribution >= 0.6 is 35.0 Å². The van der Waals surface area contributed by atoms with Gasteiger partial charge in [-0.05, 0) is 49.7 Å². The predicted octanol–water partition coefficient (Wildman–Crippen LogP) is 5.89. The van der Waals surface area contributed by atoms with Crippen molar-refractivity contribution in [2.75, 3.05) is 19.3 Å². The van der Waals surface area contributed by atoms with E-state index in [2.05, 4.69) is 4.99 Å². The number of halogens is 2. The van der Waals surface area contributed by atoms with Crippen LogP contribution in [0.5, 0.6) is 0 Å². The predicted molar refractivity (Wildman–Crippen MR) is 109 cm³/mol. The maximum atomic E-state index is 12.5. The molecular formula is C19H20Cl2N2OS. The van der Waals surface area contributed by atoms with E-state index in [0.717, 1.165) is 17.0 Å². The van der Waals surface area contributed by atoms with Crippen molar-refractivity contribution in [2.45, 2.75) is 18.7 Å². The van der Waals surface area contributed by atoms with E-state index in [0.29, 0.717) is 27.0 Å². The second kappa shape index (κ2) is 9.27. The highest BCUT2D eigenvalue weighted by Crippen LogP contribution is 2.30. The fourth-order valence-corrected chi connectivity index (χ4v) is 3.40. The molecule has 6 heteroatoms. The number of Topliss-reactive ketones (excluding diaryl/α,β-unsaturated/α-hetero) is 1. The minimum Gasteiger partial charge on any atom is -0.366 e. The molecule has 0 aliphatic rings. The summed E-state index contributed by atoms with van der Waals surface area (Å²) in [5, 5.41) is 1.14. The van der Waals surface area contributed by atoms with Crippen LogP contribution in [0.25, 0.3) is 0 Å². The third kappa shape index (κ3) is 5.77. The molecule has 3 nitrogen and oxygen atoms in total. The van der Waals surface area contributed by atoms with Gasteiger partial charge in [0.05, 0.1) is 22.8 Å². The van der Waals surface area contributed by atoms with Gasteiger partial charge in [0.1, 0.15) is 0 Å². The van der Waals surface area contributed by atoms with Crippen LogP contribution in [0, 0.1) is 6.92 Å². The minimum absolute atomic E-state index is 0.0329. The van der Waals surface area contributed by atoms with Gasteiger partial charge in [-0.15, -0.1) is 11.8 Å². The van der Waals surface area contributed by atoms with Gasteiger partial charge in [0.15, 0.2) is 5.78 Å². The van der Waals surface area contributed by atoms with E-state index in [4.69, 9.17) is 23.2 Å². The molecule has 2 aromatic rings. The maximum Gasteiger partial charge on any atom is 0.173 e. The molecule has 2 aromatic carbocycles. The molecule has 0 saturated carbocycles. The maximum absolute atomic E-state index is 12.5. The standard InChI is InChI=1S/C19H20Cl2N2OS/c1-4-23(3)12-22-18-8-13(2)16(10-17(18)21)19(24)11-25-15-7-5-6-14(20)9-15/h5-10,12H,4,11H2,1-3H3. The second-order valence-corrected chi connectivity index (χ2v) is 7.50. The van der Waals surface area contributed by atoms with E-state index >= 15 is 0 Å². The Labute approximate surface area is 163 Å². The van der Waals surface area contributed by atoms with Crippen molar-refractivity contribution < 1.29 is 4.79 Å². The topological polar surface area (TPSA) is 32.7 Å². The Morgan fingerprint density at radius 2 is 2.04 bits per heavy atom.